The van der Waals surface area contributed by atoms with Gasteiger partial charge in [0.05, 0.1) is 0 Å². The normalized spacial score (nSPS) is 9.69. The van der Waals surface area contributed by atoms with E-state index < -0.39 is 11.8 Å². The van der Waals surface area contributed by atoms with E-state index >= 15 is 0 Å². The van der Waals surface area contributed by atoms with Gasteiger partial charge in [-0.25, -0.2) is 0 Å². The van der Waals surface area contributed by atoms with E-state index in [9.17, 15) is 9.59 Å². The number of primary amides is 2. The first-order valence-corrected chi connectivity index (χ1v) is 3.62. The monoisotopic (exact) mass is 185 g/mol. The van der Waals surface area contributed by atoms with E-state index in [4.69, 9.17) is 11.5 Å². The topological polar surface area (TPSA) is 112 Å². The first kappa shape index (κ1) is 13.9. The van der Waals surface area contributed by atoms with Gasteiger partial charge in [-0.3, -0.25) is 9.59 Å². The van der Waals surface area contributed by atoms with Crippen molar-refractivity contribution in [3.8, 4) is 0 Å². The Kier molecular flexibility index (Phi) is 11.1. The third-order valence-electron chi connectivity index (χ3n) is 0.836. The van der Waals surface area contributed by atoms with E-state index in [1.165, 1.54) is 19.2 Å². The van der Waals surface area contributed by atoms with Gasteiger partial charge in [-0.1, -0.05) is 12.2 Å². The van der Waals surface area contributed by atoms with Crippen molar-refractivity contribution in [3.05, 3.63) is 24.3 Å². The van der Waals surface area contributed by atoms with E-state index in [1.54, 1.807) is 12.2 Å². The van der Waals surface area contributed by atoms with E-state index in [0.717, 1.165) is 0 Å². The lowest BCUT2D eigenvalue weighted by Crippen LogP contribution is -2.05. The minimum Gasteiger partial charge on any atom is -0.366 e. The maximum atomic E-state index is 10.1. The summed E-state index contributed by atoms with van der Waals surface area (Å²) in [6, 6.07) is 0. The molecule has 5 nitrogen and oxygen atoms in total. The fourth-order valence-corrected chi connectivity index (χ4v) is 0.447. The molecule has 0 aliphatic heterocycles. The average molecular weight is 185 g/mol. The number of allylic oxidation sites excluding steroid dienone is 2. The van der Waals surface area contributed by atoms with Crippen LogP contribution in [0.1, 0.15) is 6.42 Å². The van der Waals surface area contributed by atoms with Gasteiger partial charge in [0.25, 0.3) is 0 Å². The Labute approximate surface area is 77.3 Å². The van der Waals surface area contributed by atoms with E-state index in [2.05, 4.69) is 5.73 Å². The highest BCUT2D eigenvalue weighted by Crippen LogP contribution is 1.84. The molecule has 6 N–H and O–H groups in total. The first-order valence-electron chi connectivity index (χ1n) is 3.62. The van der Waals surface area contributed by atoms with Gasteiger partial charge in [0.15, 0.2) is 0 Å². The Bertz CT molecular complexity index is 187. The highest BCUT2D eigenvalue weighted by molar-refractivity contribution is 5.86. The van der Waals surface area contributed by atoms with Crippen molar-refractivity contribution in [3.63, 3.8) is 0 Å². The summed E-state index contributed by atoms with van der Waals surface area (Å²) in [5, 5.41) is 0. The van der Waals surface area contributed by atoms with Gasteiger partial charge < -0.3 is 17.2 Å². The molecule has 0 aromatic carbocycles. The molecule has 0 aromatic rings. The summed E-state index contributed by atoms with van der Waals surface area (Å²) in [5.41, 5.74) is 14.1. The second-order valence-corrected chi connectivity index (χ2v) is 1.85. The molecule has 0 saturated heterocycles. The fraction of sp³-hybridized carbons (Fsp3) is 0.250. The summed E-state index contributed by atoms with van der Waals surface area (Å²) >= 11 is 0. The van der Waals surface area contributed by atoms with Gasteiger partial charge in [-0.2, -0.15) is 0 Å². The van der Waals surface area contributed by atoms with Gasteiger partial charge >= 0.3 is 0 Å². The predicted molar refractivity (Wildman–Crippen MR) is 51.4 cm³/mol. The molecule has 0 heterocycles. The van der Waals surface area contributed by atoms with E-state index in [1.807, 2.05) is 0 Å². The van der Waals surface area contributed by atoms with Crippen molar-refractivity contribution < 1.29 is 9.59 Å². The van der Waals surface area contributed by atoms with Crippen LogP contribution in [0.25, 0.3) is 0 Å². The molecule has 0 bridgehead atoms. The van der Waals surface area contributed by atoms with Crippen molar-refractivity contribution in [1.82, 2.24) is 0 Å². The molecule has 0 unspecified atom stereocenters. The van der Waals surface area contributed by atoms with Gasteiger partial charge in [0.1, 0.15) is 0 Å². The minimum absolute atomic E-state index is 0.478. The highest BCUT2D eigenvalue weighted by atomic mass is 16.1. The van der Waals surface area contributed by atoms with Crippen LogP contribution in [0.15, 0.2) is 24.3 Å². The Morgan fingerprint density at radius 2 is 1.31 bits per heavy atom. The summed E-state index contributed by atoms with van der Waals surface area (Å²) in [5.74, 6) is -1.00. The summed E-state index contributed by atoms with van der Waals surface area (Å²) in [6.07, 6.45) is 6.02. The van der Waals surface area contributed by atoms with Gasteiger partial charge in [0.2, 0.25) is 11.8 Å². The number of rotatable bonds is 4. The zero-order valence-corrected chi connectivity index (χ0v) is 7.57. The SMILES string of the molecule is CN.NC(=O)C=CCC=CC(N)=O. The summed E-state index contributed by atoms with van der Waals surface area (Å²) < 4.78 is 0. The largest absolute Gasteiger partial charge is 0.366 e. The minimum atomic E-state index is -0.502. The third-order valence-corrected chi connectivity index (χ3v) is 0.836. The Morgan fingerprint density at radius 1 is 1.00 bits per heavy atom. The van der Waals surface area contributed by atoms with Crippen LogP contribution < -0.4 is 17.2 Å². The molecule has 0 aliphatic rings. The summed E-state index contributed by atoms with van der Waals surface area (Å²) in [7, 11) is 1.50. The van der Waals surface area contributed by atoms with E-state index in [-0.39, 0.29) is 0 Å². The molecule has 5 heteroatoms. The van der Waals surface area contributed by atoms with Crippen LogP contribution in [0.2, 0.25) is 0 Å². The quantitative estimate of drug-likeness (QED) is 0.490. The zero-order valence-electron chi connectivity index (χ0n) is 7.57. The van der Waals surface area contributed by atoms with Gasteiger partial charge in [0, 0.05) is 0 Å². The van der Waals surface area contributed by atoms with Crippen molar-refractivity contribution in [2.75, 3.05) is 7.05 Å². The molecule has 0 spiro atoms. The number of nitrogens with two attached hydrogens (primary N) is 3. The highest BCUT2D eigenvalue weighted by Gasteiger charge is 1.81. The fourth-order valence-electron chi connectivity index (χ4n) is 0.447. The maximum absolute atomic E-state index is 10.1. The number of hydrogen-bond donors (Lipinski definition) is 3. The molecule has 0 atom stereocenters. The molecule has 0 aromatic heterocycles. The Morgan fingerprint density at radius 3 is 1.54 bits per heavy atom. The van der Waals surface area contributed by atoms with Crippen LogP contribution in [0.3, 0.4) is 0 Å². The predicted octanol–water partition coefficient (Wildman–Crippen LogP) is -0.966. The molecule has 74 valence electrons. The number of amides is 2. The lowest BCUT2D eigenvalue weighted by molar-refractivity contribution is -0.114. The van der Waals surface area contributed by atoms with Crippen LogP contribution in [0, 0.1) is 0 Å². The van der Waals surface area contributed by atoms with Crippen LogP contribution in [0.5, 0.6) is 0 Å². The Balaban J connectivity index is 0. The molecular formula is C8H15N3O2. The third kappa shape index (κ3) is 17.9. The van der Waals surface area contributed by atoms with Gasteiger partial charge in [-0.15, -0.1) is 0 Å². The standard InChI is InChI=1S/C7H10N2O2.CH5N/c8-6(10)4-2-1-3-5-7(9)11;1-2/h2-5H,1H2,(H2,8,10)(H2,9,11);2H2,1H3. The van der Waals surface area contributed by atoms with Crippen LogP contribution in [-0.4, -0.2) is 18.9 Å². The molecule has 0 aliphatic carbocycles. The van der Waals surface area contributed by atoms with Crippen molar-refractivity contribution in [2.45, 2.75) is 6.42 Å². The molecule has 0 rings (SSSR count). The summed E-state index contributed by atoms with van der Waals surface area (Å²) in [6.45, 7) is 0. The molecule has 13 heavy (non-hydrogen) atoms. The lowest BCUT2D eigenvalue weighted by atomic mass is 10.3. The molecule has 0 saturated carbocycles. The second kappa shape index (κ2) is 10.4. The van der Waals surface area contributed by atoms with Crippen LogP contribution in [-0.2, 0) is 9.59 Å². The number of hydrogen-bond acceptors (Lipinski definition) is 3. The lowest BCUT2D eigenvalue weighted by Gasteiger charge is -1.80. The maximum Gasteiger partial charge on any atom is 0.241 e. The summed E-state index contributed by atoms with van der Waals surface area (Å²) in [4.78, 5) is 20.2. The van der Waals surface area contributed by atoms with Gasteiger partial charge in [-0.05, 0) is 25.6 Å². The van der Waals surface area contributed by atoms with Crippen LogP contribution >= 0.6 is 0 Å². The zero-order chi connectivity index (χ0) is 10.7. The molecule has 2 amide bonds. The van der Waals surface area contributed by atoms with Crippen molar-refractivity contribution >= 4 is 11.8 Å². The van der Waals surface area contributed by atoms with Crippen molar-refractivity contribution in [1.29, 1.82) is 0 Å². The molecule has 0 radical (unpaired) electrons. The van der Waals surface area contributed by atoms with Crippen molar-refractivity contribution in [2.24, 2.45) is 17.2 Å². The van der Waals surface area contributed by atoms with Crippen LogP contribution in [0.4, 0.5) is 0 Å². The number of carbonyl (C=O) groups is 2. The smallest absolute Gasteiger partial charge is 0.241 e. The number of carbonyl (C=O) groups excluding carboxylic acids is 2. The molecular weight excluding hydrogens is 170 g/mol. The first-order chi connectivity index (χ1) is 6.13. The molecule has 0 fully saturated rings. The Hall–Kier alpha value is -1.62. The second-order valence-electron chi connectivity index (χ2n) is 1.85. The average Bonchev–Trinajstić information content (AvgIpc) is 2.06. The van der Waals surface area contributed by atoms with E-state index in [0.29, 0.717) is 6.42 Å².